The number of amides is 1. The number of carbonyl (C=O) groups excluding carboxylic acids is 1. The van der Waals surface area contributed by atoms with Crippen LogP contribution in [0, 0.1) is 15.5 Å². The Morgan fingerprint density at radius 1 is 1.17 bits per heavy atom. The third-order valence-corrected chi connectivity index (χ3v) is 3.45. The minimum absolute atomic E-state index is 0. The molecule has 0 bridgehead atoms. The van der Waals surface area contributed by atoms with Crippen LogP contribution in [0.2, 0.25) is 0 Å². The molecule has 0 atom stereocenters. The van der Waals surface area contributed by atoms with Gasteiger partial charge in [0.1, 0.15) is 5.84 Å². The van der Waals surface area contributed by atoms with E-state index in [-0.39, 0.29) is 28.5 Å². The van der Waals surface area contributed by atoms with Crippen LogP contribution < -0.4 is 5.43 Å². The highest BCUT2D eigenvalue weighted by atomic mass is 79.9. The molecule has 1 amide bonds. The summed E-state index contributed by atoms with van der Waals surface area (Å²) < 4.78 is 0. The van der Waals surface area contributed by atoms with Gasteiger partial charge in [0.05, 0.1) is 11.5 Å². The van der Waals surface area contributed by atoms with E-state index in [0.717, 1.165) is 11.1 Å². The zero-order valence-electron chi connectivity index (χ0n) is 11.9. The molecular formula is C15H13BrN4O3. The van der Waals surface area contributed by atoms with Gasteiger partial charge in [-0.25, -0.2) is 0 Å². The number of hydrogen-bond acceptors (Lipinski definition) is 4. The van der Waals surface area contributed by atoms with E-state index in [9.17, 15) is 14.9 Å². The van der Waals surface area contributed by atoms with Crippen LogP contribution >= 0.6 is 17.0 Å². The number of carbonyl (C=O) groups is 1. The summed E-state index contributed by atoms with van der Waals surface area (Å²) in [6.07, 6.45) is 0. The van der Waals surface area contributed by atoms with Crippen molar-refractivity contribution in [3.05, 3.63) is 75.3 Å². The van der Waals surface area contributed by atoms with E-state index < -0.39 is 10.8 Å². The second-order valence-electron chi connectivity index (χ2n) is 4.84. The summed E-state index contributed by atoms with van der Waals surface area (Å²) in [7, 11) is 0. The molecule has 0 unspecified atom stereocenters. The number of nitrogens with one attached hydrogen (secondary N) is 2. The highest BCUT2D eigenvalue weighted by molar-refractivity contribution is 8.93. The largest absolute Gasteiger partial charge is 0.283 e. The van der Waals surface area contributed by atoms with Crippen LogP contribution in [0.15, 0.2) is 48.5 Å². The van der Waals surface area contributed by atoms with Crippen LogP contribution in [0.5, 0.6) is 0 Å². The molecule has 1 heterocycles. The fourth-order valence-electron chi connectivity index (χ4n) is 2.30. The minimum Gasteiger partial charge on any atom is -0.283 e. The summed E-state index contributed by atoms with van der Waals surface area (Å²) in [5.74, 6) is -0.182. The lowest BCUT2D eigenvalue weighted by Gasteiger charge is -2.18. The van der Waals surface area contributed by atoms with Crippen molar-refractivity contribution < 1.29 is 9.72 Å². The number of hydrogen-bond donors (Lipinski definition) is 2. The van der Waals surface area contributed by atoms with E-state index in [1.807, 2.05) is 24.3 Å². The number of halogens is 1. The quantitative estimate of drug-likeness (QED) is 0.635. The number of hydrazine groups is 1. The topological polar surface area (TPSA) is 99.3 Å². The van der Waals surface area contributed by atoms with Gasteiger partial charge in [-0.05, 0) is 17.7 Å². The maximum Gasteiger partial charge on any atom is 0.269 e. The molecule has 0 saturated carbocycles. The SMILES string of the molecule is Br.N=C1c2ccccc2CN1NC(=O)c1ccc([N+](=O)[O-])cc1. The molecule has 1 aliphatic heterocycles. The van der Waals surface area contributed by atoms with Crippen molar-refractivity contribution in [3.8, 4) is 0 Å². The highest BCUT2D eigenvalue weighted by Gasteiger charge is 2.25. The number of rotatable bonds is 3. The first-order valence-electron chi connectivity index (χ1n) is 6.56. The Morgan fingerprint density at radius 2 is 1.83 bits per heavy atom. The molecule has 2 aromatic rings. The summed E-state index contributed by atoms with van der Waals surface area (Å²) in [4.78, 5) is 22.2. The third-order valence-electron chi connectivity index (χ3n) is 3.45. The Balaban J connectivity index is 0.00000192. The van der Waals surface area contributed by atoms with Crippen molar-refractivity contribution in [3.63, 3.8) is 0 Å². The van der Waals surface area contributed by atoms with Gasteiger partial charge >= 0.3 is 0 Å². The Morgan fingerprint density at radius 3 is 2.43 bits per heavy atom. The van der Waals surface area contributed by atoms with Gasteiger partial charge in [0.2, 0.25) is 0 Å². The van der Waals surface area contributed by atoms with Crippen molar-refractivity contribution in [1.29, 1.82) is 5.41 Å². The van der Waals surface area contributed by atoms with Crippen LogP contribution in [0.3, 0.4) is 0 Å². The smallest absolute Gasteiger partial charge is 0.269 e. The van der Waals surface area contributed by atoms with Crippen molar-refractivity contribution in [2.24, 2.45) is 0 Å². The molecule has 7 nitrogen and oxygen atoms in total. The van der Waals surface area contributed by atoms with Crippen LogP contribution in [-0.4, -0.2) is 21.7 Å². The first kappa shape index (κ1) is 16.6. The second kappa shape index (κ2) is 6.57. The molecule has 8 heteroatoms. The molecule has 0 saturated heterocycles. The molecule has 2 N–H and O–H groups in total. The molecule has 118 valence electrons. The zero-order chi connectivity index (χ0) is 15.7. The maximum atomic E-state index is 12.2. The standard InChI is InChI=1S/C15H12N4O3.BrH/c16-14-13-4-2-1-3-11(13)9-18(14)17-15(20)10-5-7-12(8-6-10)19(21)22;/h1-8,16H,9H2,(H,17,20);1H. The van der Waals surface area contributed by atoms with Crippen molar-refractivity contribution in [1.82, 2.24) is 10.4 Å². The number of benzene rings is 2. The summed E-state index contributed by atoms with van der Waals surface area (Å²) in [5.41, 5.74) is 4.62. The van der Waals surface area contributed by atoms with E-state index in [1.165, 1.54) is 29.3 Å². The Kier molecular flexibility index (Phi) is 4.75. The third kappa shape index (κ3) is 3.21. The summed E-state index contributed by atoms with van der Waals surface area (Å²) >= 11 is 0. The molecule has 0 radical (unpaired) electrons. The van der Waals surface area contributed by atoms with Gasteiger partial charge in [-0.15, -0.1) is 17.0 Å². The van der Waals surface area contributed by atoms with Crippen LogP contribution in [0.25, 0.3) is 0 Å². The Hall–Kier alpha value is -2.74. The van der Waals surface area contributed by atoms with Gasteiger partial charge in [0, 0.05) is 23.3 Å². The molecule has 1 aliphatic rings. The van der Waals surface area contributed by atoms with Gasteiger partial charge in [-0.1, -0.05) is 24.3 Å². The molecular weight excluding hydrogens is 364 g/mol. The van der Waals surface area contributed by atoms with E-state index in [2.05, 4.69) is 5.43 Å². The number of nitro groups is 1. The Bertz CT molecular complexity index is 777. The van der Waals surface area contributed by atoms with E-state index in [0.29, 0.717) is 12.1 Å². The molecule has 2 aromatic carbocycles. The summed E-state index contributed by atoms with van der Waals surface area (Å²) in [5, 5.41) is 20.1. The lowest BCUT2D eigenvalue weighted by Crippen LogP contribution is -2.42. The van der Waals surface area contributed by atoms with E-state index in [1.54, 1.807) is 0 Å². The monoisotopic (exact) mass is 376 g/mol. The first-order chi connectivity index (χ1) is 10.6. The van der Waals surface area contributed by atoms with Crippen LogP contribution in [-0.2, 0) is 6.54 Å². The molecule has 0 aromatic heterocycles. The Labute approximate surface area is 142 Å². The predicted molar refractivity (Wildman–Crippen MR) is 89.7 cm³/mol. The van der Waals surface area contributed by atoms with Gasteiger partial charge in [-0.3, -0.25) is 30.8 Å². The number of nitro benzene ring substituents is 1. The highest BCUT2D eigenvalue weighted by Crippen LogP contribution is 2.21. The molecule has 0 spiro atoms. The van der Waals surface area contributed by atoms with Gasteiger partial charge < -0.3 is 0 Å². The fraction of sp³-hybridized carbons (Fsp3) is 0.0667. The first-order valence-corrected chi connectivity index (χ1v) is 6.56. The van der Waals surface area contributed by atoms with E-state index in [4.69, 9.17) is 5.41 Å². The summed E-state index contributed by atoms with van der Waals surface area (Å²) in [6.45, 7) is 0.424. The summed E-state index contributed by atoms with van der Waals surface area (Å²) in [6, 6.07) is 12.8. The lowest BCUT2D eigenvalue weighted by molar-refractivity contribution is -0.384. The van der Waals surface area contributed by atoms with Crippen molar-refractivity contribution in [2.75, 3.05) is 0 Å². The molecule has 3 rings (SSSR count). The fourth-order valence-corrected chi connectivity index (χ4v) is 2.30. The number of fused-ring (bicyclic) bond motifs is 1. The molecule has 0 aliphatic carbocycles. The number of non-ortho nitro benzene ring substituents is 1. The molecule has 0 fully saturated rings. The predicted octanol–water partition coefficient (Wildman–Crippen LogP) is 2.66. The van der Waals surface area contributed by atoms with E-state index >= 15 is 0 Å². The maximum absolute atomic E-state index is 12.2. The number of nitrogens with zero attached hydrogens (tertiary/aromatic N) is 2. The van der Waals surface area contributed by atoms with Crippen LogP contribution in [0.1, 0.15) is 21.5 Å². The van der Waals surface area contributed by atoms with Gasteiger partial charge in [0.25, 0.3) is 11.6 Å². The van der Waals surface area contributed by atoms with Crippen molar-refractivity contribution >= 4 is 34.4 Å². The average Bonchev–Trinajstić information content (AvgIpc) is 2.84. The second-order valence-corrected chi connectivity index (χ2v) is 4.84. The zero-order valence-corrected chi connectivity index (χ0v) is 13.6. The van der Waals surface area contributed by atoms with Gasteiger partial charge in [0.15, 0.2) is 0 Å². The average molecular weight is 377 g/mol. The molecule has 23 heavy (non-hydrogen) atoms. The normalized spacial score (nSPS) is 12.3. The van der Waals surface area contributed by atoms with Crippen molar-refractivity contribution in [2.45, 2.75) is 6.54 Å². The number of amidine groups is 1. The van der Waals surface area contributed by atoms with Crippen LogP contribution in [0.4, 0.5) is 5.69 Å². The lowest BCUT2D eigenvalue weighted by atomic mass is 10.1. The van der Waals surface area contributed by atoms with Gasteiger partial charge in [-0.2, -0.15) is 0 Å². The minimum atomic E-state index is -0.519.